The fourth-order valence-corrected chi connectivity index (χ4v) is 1.74. The lowest BCUT2D eigenvalue weighted by molar-refractivity contribution is -0.0328. The smallest absolute Gasteiger partial charge is 0.446 e. The molecule has 0 aliphatic rings. The van der Waals surface area contributed by atoms with E-state index in [1.807, 2.05) is 0 Å². The van der Waals surface area contributed by atoms with Gasteiger partial charge in [-0.15, -0.1) is 0 Å². The van der Waals surface area contributed by atoms with Crippen molar-refractivity contribution in [2.75, 3.05) is 0 Å². The first-order valence-corrected chi connectivity index (χ1v) is 4.69. The number of alkyl halides is 3. The molecule has 16 heavy (non-hydrogen) atoms. The molecule has 0 aromatic heterocycles. The number of halogens is 3. The SMILES string of the molecule is N#Cc1cccc(C(=O)O)c1SC(F)(F)F. The van der Waals surface area contributed by atoms with Crippen molar-refractivity contribution in [1.82, 2.24) is 0 Å². The topological polar surface area (TPSA) is 61.1 Å². The van der Waals surface area contributed by atoms with E-state index in [9.17, 15) is 18.0 Å². The standard InChI is InChI=1S/C9H4F3NO2S/c10-9(11,12)16-7-5(4-13)2-1-3-6(7)8(14)15/h1-3H,(H,14,15). The van der Waals surface area contributed by atoms with Crippen molar-refractivity contribution in [1.29, 1.82) is 5.26 Å². The molecule has 0 aliphatic carbocycles. The fourth-order valence-electron chi connectivity index (χ4n) is 1.02. The Hall–Kier alpha value is -1.68. The second-order valence-electron chi connectivity index (χ2n) is 2.65. The summed E-state index contributed by atoms with van der Waals surface area (Å²) in [5.41, 5.74) is -5.46. The third kappa shape index (κ3) is 2.90. The number of carboxylic acids is 1. The van der Waals surface area contributed by atoms with Gasteiger partial charge in [0.15, 0.2) is 0 Å². The summed E-state index contributed by atoms with van der Waals surface area (Å²) in [6.45, 7) is 0. The van der Waals surface area contributed by atoms with Crippen LogP contribution in [0.1, 0.15) is 15.9 Å². The normalized spacial score (nSPS) is 10.9. The molecular weight excluding hydrogens is 243 g/mol. The Labute approximate surface area is 92.5 Å². The number of hydrogen-bond donors (Lipinski definition) is 1. The Kier molecular flexibility index (Phi) is 3.44. The second-order valence-corrected chi connectivity index (χ2v) is 3.72. The highest BCUT2D eigenvalue weighted by molar-refractivity contribution is 8.00. The van der Waals surface area contributed by atoms with Crippen molar-refractivity contribution in [2.45, 2.75) is 10.4 Å². The number of hydrogen-bond acceptors (Lipinski definition) is 3. The van der Waals surface area contributed by atoms with E-state index in [4.69, 9.17) is 10.4 Å². The highest BCUT2D eigenvalue weighted by atomic mass is 32.2. The van der Waals surface area contributed by atoms with Gasteiger partial charge in [-0.3, -0.25) is 0 Å². The summed E-state index contributed by atoms with van der Waals surface area (Å²) >= 11 is -0.596. The predicted molar refractivity (Wildman–Crippen MR) is 50.0 cm³/mol. The highest BCUT2D eigenvalue weighted by Gasteiger charge is 2.32. The quantitative estimate of drug-likeness (QED) is 0.816. The molecule has 0 radical (unpaired) electrons. The summed E-state index contributed by atoms with van der Waals surface area (Å²) in [6, 6.07) is 4.92. The monoisotopic (exact) mass is 247 g/mol. The van der Waals surface area contributed by atoms with Gasteiger partial charge in [-0.25, -0.2) is 4.79 Å². The molecule has 1 aromatic rings. The Morgan fingerprint density at radius 1 is 1.44 bits per heavy atom. The van der Waals surface area contributed by atoms with Gasteiger partial charge in [0.25, 0.3) is 0 Å². The molecular formula is C9H4F3NO2S. The van der Waals surface area contributed by atoms with Crippen LogP contribution in [0.15, 0.2) is 23.1 Å². The lowest BCUT2D eigenvalue weighted by atomic mass is 10.1. The van der Waals surface area contributed by atoms with Crippen LogP contribution in [0, 0.1) is 11.3 Å². The van der Waals surface area contributed by atoms with Crippen LogP contribution in [0.4, 0.5) is 13.2 Å². The van der Waals surface area contributed by atoms with Crippen molar-refractivity contribution in [3.63, 3.8) is 0 Å². The van der Waals surface area contributed by atoms with Crippen LogP contribution in [0.2, 0.25) is 0 Å². The minimum Gasteiger partial charge on any atom is -0.478 e. The van der Waals surface area contributed by atoms with Crippen molar-refractivity contribution >= 4 is 17.7 Å². The van der Waals surface area contributed by atoms with Crippen molar-refractivity contribution in [3.8, 4) is 6.07 Å². The van der Waals surface area contributed by atoms with Gasteiger partial charge >= 0.3 is 11.5 Å². The number of rotatable bonds is 2. The minimum atomic E-state index is -4.63. The third-order valence-corrected chi connectivity index (χ3v) is 2.46. The molecule has 0 bridgehead atoms. The first-order chi connectivity index (χ1) is 7.35. The number of nitrogens with zero attached hydrogens (tertiary/aromatic N) is 1. The lowest BCUT2D eigenvalue weighted by Crippen LogP contribution is -2.06. The van der Waals surface area contributed by atoms with E-state index < -0.39 is 33.7 Å². The van der Waals surface area contributed by atoms with Gasteiger partial charge in [0.2, 0.25) is 0 Å². The summed E-state index contributed by atoms with van der Waals surface area (Å²) in [5, 5.41) is 17.3. The zero-order valence-electron chi connectivity index (χ0n) is 7.58. The van der Waals surface area contributed by atoms with E-state index in [2.05, 4.69) is 0 Å². The zero-order valence-corrected chi connectivity index (χ0v) is 8.39. The molecule has 1 rings (SSSR count). The van der Waals surface area contributed by atoms with Gasteiger partial charge in [-0.2, -0.15) is 18.4 Å². The maximum Gasteiger partial charge on any atom is 0.446 e. The van der Waals surface area contributed by atoms with Gasteiger partial charge in [-0.05, 0) is 23.9 Å². The Balaban J connectivity index is 3.32. The molecule has 0 saturated heterocycles. The number of thioether (sulfide) groups is 1. The van der Waals surface area contributed by atoms with E-state index in [0.717, 1.165) is 12.1 Å². The second kappa shape index (κ2) is 4.45. The van der Waals surface area contributed by atoms with Crippen LogP contribution >= 0.6 is 11.8 Å². The maximum atomic E-state index is 12.2. The van der Waals surface area contributed by atoms with Gasteiger partial charge in [0, 0.05) is 4.90 Å². The lowest BCUT2D eigenvalue weighted by Gasteiger charge is -2.09. The van der Waals surface area contributed by atoms with Gasteiger partial charge in [0.05, 0.1) is 11.1 Å². The molecule has 0 fully saturated rings. The number of nitriles is 1. The van der Waals surface area contributed by atoms with Crippen molar-refractivity contribution in [2.24, 2.45) is 0 Å². The molecule has 0 amide bonds. The average molecular weight is 247 g/mol. The summed E-state index contributed by atoms with van der Waals surface area (Å²) in [7, 11) is 0. The first kappa shape index (κ1) is 12.4. The fraction of sp³-hybridized carbons (Fsp3) is 0.111. The maximum absolute atomic E-state index is 12.2. The predicted octanol–water partition coefficient (Wildman–Crippen LogP) is 2.87. The van der Waals surface area contributed by atoms with Crippen LogP contribution in [0.3, 0.4) is 0 Å². The Bertz CT molecular complexity index is 465. The molecule has 1 aromatic carbocycles. The summed E-state index contributed by atoms with van der Waals surface area (Å²) in [5.74, 6) is -1.50. The summed E-state index contributed by atoms with van der Waals surface area (Å²) in [6.07, 6.45) is 0. The molecule has 3 nitrogen and oxygen atoms in total. The molecule has 84 valence electrons. The molecule has 7 heteroatoms. The average Bonchev–Trinajstić information content (AvgIpc) is 2.15. The van der Waals surface area contributed by atoms with Crippen LogP contribution < -0.4 is 0 Å². The van der Waals surface area contributed by atoms with Crippen LogP contribution in [-0.2, 0) is 0 Å². The van der Waals surface area contributed by atoms with Gasteiger partial charge < -0.3 is 5.11 Å². The summed E-state index contributed by atoms with van der Waals surface area (Å²) in [4.78, 5) is 10.1. The largest absolute Gasteiger partial charge is 0.478 e. The minimum absolute atomic E-state index is 0.303. The van der Waals surface area contributed by atoms with Crippen molar-refractivity contribution < 1.29 is 23.1 Å². The Morgan fingerprint density at radius 3 is 2.50 bits per heavy atom. The number of benzene rings is 1. The number of carbonyl (C=O) groups is 1. The van der Waals surface area contributed by atoms with Gasteiger partial charge in [-0.1, -0.05) is 6.07 Å². The molecule has 0 spiro atoms. The third-order valence-electron chi connectivity index (χ3n) is 1.58. The van der Waals surface area contributed by atoms with Crippen LogP contribution in [0.25, 0.3) is 0 Å². The van der Waals surface area contributed by atoms with E-state index >= 15 is 0 Å². The molecule has 0 atom stereocenters. The van der Waals surface area contributed by atoms with E-state index in [-0.39, 0.29) is 5.56 Å². The zero-order chi connectivity index (χ0) is 12.3. The van der Waals surface area contributed by atoms with Crippen LogP contribution in [0.5, 0.6) is 0 Å². The van der Waals surface area contributed by atoms with Gasteiger partial charge in [0.1, 0.15) is 6.07 Å². The van der Waals surface area contributed by atoms with E-state index in [1.54, 1.807) is 0 Å². The first-order valence-electron chi connectivity index (χ1n) is 3.87. The van der Waals surface area contributed by atoms with Crippen LogP contribution in [-0.4, -0.2) is 16.6 Å². The van der Waals surface area contributed by atoms with E-state index in [1.165, 1.54) is 12.1 Å². The molecule has 0 unspecified atom stereocenters. The molecule has 1 N–H and O–H groups in total. The molecule has 0 heterocycles. The highest BCUT2D eigenvalue weighted by Crippen LogP contribution is 2.40. The van der Waals surface area contributed by atoms with Crippen molar-refractivity contribution in [3.05, 3.63) is 29.3 Å². The molecule has 0 saturated carbocycles. The number of carboxylic acid groups (broad SMARTS) is 1. The number of aromatic carboxylic acids is 1. The summed E-state index contributed by atoms with van der Waals surface area (Å²) < 4.78 is 36.5. The van der Waals surface area contributed by atoms with E-state index in [0.29, 0.717) is 0 Å². The Morgan fingerprint density at radius 2 is 2.06 bits per heavy atom. The molecule has 0 aliphatic heterocycles.